The molecule has 28 heavy (non-hydrogen) atoms. The predicted octanol–water partition coefficient (Wildman–Crippen LogP) is 3.66. The third kappa shape index (κ3) is 5.56. The van der Waals surface area contributed by atoms with E-state index in [4.69, 9.17) is 11.6 Å². The normalized spacial score (nSPS) is 19.4. The number of nitrogens with one attached hydrogen (secondary N) is 1. The van der Waals surface area contributed by atoms with Crippen LogP contribution in [0.1, 0.15) is 36.2 Å². The van der Waals surface area contributed by atoms with Gasteiger partial charge in [0.2, 0.25) is 5.91 Å². The zero-order chi connectivity index (χ0) is 20.1. The number of benzene rings is 1. The van der Waals surface area contributed by atoms with E-state index >= 15 is 0 Å². The summed E-state index contributed by atoms with van der Waals surface area (Å²) in [5, 5.41) is 5.98. The number of carbonyl (C=O) groups excluding carboxylic acids is 1. The average molecular weight is 441 g/mol. The van der Waals surface area contributed by atoms with Crippen LogP contribution in [0.25, 0.3) is 0 Å². The molecule has 1 fully saturated rings. The highest BCUT2D eigenvalue weighted by Crippen LogP contribution is 2.23. The van der Waals surface area contributed by atoms with E-state index in [1.165, 1.54) is 0 Å². The molecule has 0 bridgehead atoms. The van der Waals surface area contributed by atoms with Crippen LogP contribution in [0.4, 0.5) is 0 Å². The van der Waals surface area contributed by atoms with E-state index in [-0.39, 0.29) is 36.0 Å². The summed E-state index contributed by atoms with van der Waals surface area (Å²) in [5.41, 5.74) is 1.08. The smallest absolute Gasteiger partial charge is 0.237 e. The summed E-state index contributed by atoms with van der Waals surface area (Å²) in [6.45, 7) is 2.68. The van der Waals surface area contributed by atoms with Gasteiger partial charge in [-0.1, -0.05) is 36.7 Å². The van der Waals surface area contributed by atoms with Crippen LogP contribution < -0.4 is 5.32 Å². The Bertz CT molecular complexity index is 883. The second-order valence-electron chi connectivity index (χ2n) is 7.05. The van der Waals surface area contributed by atoms with Crippen molar-refractivity contribution in [1.82, 2.24) is 10.2 Å². The Hall–Kier alpha value is -1.41. The summed E-state index contributed by atoms with van der Waals surface area (Å²) >= 11 is 7.54. The highest BCUT2D eigenvalue weighted by molar-refractivity contribution is 7.91. The van der Waals surface area contributed by atoms with Crippen molar-refractivity contribution in [3.05, 3.63) is 57.2 Å². The standard InChI is InChI=1S/C20H25ClN2O3S2/c1-2-19(15-5-7-16(21)8-6-15)22-12-20(24)23(13-18-4-3-10-27-18)17-9-11-28(25,26)14-17/h3-8,10,17,19,22H,2,9,11-14H2,1H3. The molecule has 152 valence electrons. The molecule has 1 amide bonds. The van der Waals surface area contributed by atoms with Gasteiger partial charge in [-0.2, -0.15) is 0 Å². The van der Waals surface area contributed by atoms with Gasteiger partial charge in [0.25, 0.3) is 0 Å². The van der Waals surface area contributed by atoms with E-state index < -0.39 is 9.84 Å². The van der Waals surface area contributed by atoms with Crippen LogP contribution in [0, 0.1) is 0 Å². The van der Waals surface area contributed by atoms with Crippen molar-refractivity contribution < 1.29 is 13.2 Å². The number of nitrogens with zero attached hydrogens (tertiary/aromatic N) is 1. The number of sulfone groups is 1. The van der Waals surface area contributed by atoms with Gasteiger partial charge in [-0.25, -0.2) is 8.42 Å². The maximum atomic E-state index is 13.0. The van der Waals surface area contributed by atoms with Crippen molar-refractivity contribution >= 4 is 38.7 Å². The lowest BCUT2D eigenvalue weighted by atomic mass is 10.0. The molecule has 3 rings (SSSR count). The average Bonchev–Trinajstić information content (AvgIpc) is 3.30. The van der Waals surface area contributed by atoms with Crippen molar-refractivity contribution in [2.75, 3.05) is 18.1 Å². The van der Waals surface area contributed by atoms with Gasteiger partial charge >= 0.3 is 0 Å². The van der Waals surface area contributed by atoms with Gasteiger partial charge in [0.1, 0.15) is 0 Å². The van der Waals surface area contributed by atoms with Gasteiger partial charge in [-0.05, 0) is 42.0 Å². The lowest BCUT2D eigenvalue weighted by Crippen LogP contribution is -2.45. The Kier molecular flexibility index (Phi) is 7.15. The molecule has 5 nitrogen and oxygen atoms in total. The topological polar surface area (TPSA) is 66.5 Å². The fourth-order valence-corrected chi connectivity index (χ4v) is 6.08. The molecule has 1 aromatic heterocycles. The minimum atomic E-state index is -3.06. The molecule has 2 aromatic rings. The molecule has 0 radical (unpaired) electrons. The zero-order valence-electron chi connectivity index (χ0n) is 15.8. The lowest BCUT2D eigenvalue weighted by molar-refractivity contribution is -0.132. The minimum Gasteiger partial charge on any atom is -0.332 e. The quantitative estimate of drug-likeness (QED) is 0.680. The van der Waals surface area contributed by atoms with E-state index in [0.717, 1.165) is 16.9 Å². The van der Waals surface area contributed by atoms with E-state index in [0.29, 0.717) is 18.0 Å². The van der Waals surface area contributed by atoms with Crippen molar-refractivity contribution in [2.45, 2.75) is 38.4 Å². The van der Waals surface area contributed by atoms with Crippen LogP contribution in [-0.2, 0) is 21.2 Å². The van der Waals surface area contributed by atoms with Gasteiger partial charge in [0, 0.05) is 22.0 Å². The first-order valence-electron chi connectivity index (χ1n) is 9.39. The number of hydrogen-bond donors (Lipinski definition) is 1. The highest BCUT2D eigenvalue weighted by Gasteiger charge is 2.34. The molecule has 1 N–H and O–H groups in total. The Labute approximate surface area is 175 Å². The van der Waals surface area contributed by atoms with Gasteiger partial charge < -0.3 is 10.2 Å². The molecule has 2 heterocycles. The first-order valence-corrected chi connectivity index (χ1v) is 12.5. The van der Waals surface area contributed by atoms with Gasteiger partial charge in [-0.15, -0.1) is 11.3 Å². The number of carbonyl (C=O) groups is 1. The first kappa shape index (κ1) is 21.3. The fraction of sp³-hybridized carbons (Fsp3) is 0.450. The molecule has 1 aliphatic rings. The molecular formula is C20H25ClN2O3S2. The third-order valence-electron chi connectivity index (χ3n) is 5.06. The number of halogens is 1. The highest BCUT2D eigenvalue weighted by atomic mass is 35.5. The SMILES string of the molecule is CCC(NCC(=O)N(Cc1cccs1)C1CCS(=O)(=O)C1)c1ccc(Cl)cc1. The molecule has 2 unspecified atom stereocenters. The van der Waals surface area contributed by atoms with E-state index in [2.05, 4.69) is 12.2 Å². The van der Waals surface area contributed by atoms with Crippen LogP contribution in [0.2, 0.25) is 5.02 Å². The van der Waals surface area contributed by atoms with Crippen LogP contribution in [0.3, 0.4) is 0 Å². The van der Waals surface area contributed by atoms with Crippen LogP contribution in [0.15, 0.2) is 41.8 Å². The Morgan fingerprint density at radius 1 is 1.32 bits per heavy atom. The Balaban J connectivity index is 1.68. The van der Waals surface area contributed by atoms with Crippen molar-refractivity contribution in [3.63, 3.8) is 0 Å². The predicted molar refractivity (Wildman–Crippen MR) is 114 cm³/mol. The lowest BCUT2D eigenvalue weighted by Gasteiger charge is -2.29. The molecular weight excluding hydrogens is 416 g/mol. The Morgan fingerprint density at radius 3 is 2.64 bits per heavy atom. The van der Waals surface area contributed by atoms with Gasteiger partial charge in [-0.3, -0.25) is 4.79 Å². The molecule has 1 aliphatic heterocycles. The third-order valence-corrected chi connectivity index (χ3v) is 7.92. The molecule has 0 saturated carbocycles. The number of hydrogen-bond acceptors (Lipinski definition) is 5. The van der Waals surface area contributed by atoms with E-state index in [1.807, 2.05) is 41.8 Å². The fourth-order valence-electron chi connectivity index (χ4n) is 3.52. The second kappa shape index (κ2) is 9.39. The van der Waals surface area contributed by atoms with Crippen LogP contribution in [-0.4, -0.2) is 43.3 Å². The zero-order valence-corrected chi connectivity index (χ0v) is 18.2. The largest absolute Gasteiger partial charge is 0.332 e. The van der Waals surface area contributed by atoms with Crippen LogP contribution in [0.5, 0.6) is 0 Å². The summed E-state index contributed by atoms with van der Waals surface area (Å²) in [4.78, 5) is 15.8. The van der Waals surface area contributed by atoms with Crippen molar-refractivity contribution in [3.8, 4) is 0 Å². The minimum absolute atomic E-state index is 0.0390. The van der Waals surface area contributed by atoms with E-state index in [9.17, 15) is 13.2 Å². The Morgan fingerprint density at radius 2 is 2.07 bits per heavy atom. The summed E-state index contributed by atoms with van der Waals surface area (Å²) in [7, 11) is -3.06. The summed E-state index contributed by atoms with van der Waals surface area (Å²) in [5.74, 6) is 0.142. The summed E-state index contributed by atoms with van der Waals surface area (Å²) in [6, 6.07) is 11.3. The van der Waals surface area contributed by atoms with E-state index in [1.54, 1.807) is 16.2 Å². The number of rotatable bonds is 8. The van der Waals surface area contributed by atoms with Crippen molar-refractivity contribution in [1.29, 1.82) is 0 Å². The number of thiophene rings is 1. The molecule has 1 aromatic carbocycles. The molecule has 0 spiro atoms. The molecule has 1 saturated heterocycles. The van der Waals surface area contributed by atoms with Gasteiger partial charge in [0.05, 0.1) is 24.6 Å². The van der Waals surface area contributed by atoms with Crippen LogP contribution >= 0.6 is 22.9 Å². The molecule has 0 aliphatic carbocycles. The first-order chi connectivity index (χ1) is 13.4. The number of amides is 1. The summed E-state index contributed by atoms with van der Waals surface area (Å²) < 4.78 is 23.9. The summed E-state index contributed by atoms with van der Waals surface area (Å²) in [6.07, 6.45) is 1.34. The van der Waals surface area contributed by atoms with Gasteiger partial charge in [0.15, 0.2) is 9.84 Å². The monoisotopic (exact) mass is 440 g/mol. The van der Waals surface area contributed by atoms with Crippen molar-refractivity contribution in [2.24, 2.45) is 0 Å². The maximum absolute atomic E-state index is 13.0. The molecule has 8 heteroatoms. The second-order valence-corrected chi connectivity index (χ2v) is 10.7. The molecule has 2 atom stereocenters. The maximum Gasteiger partial charge on any atom is 0.237 e.